The lowest BCUT2D eigenvalue weighted by molar-refractivity contribution is 0.0826. The molecule has 0 aliphatic carbocycles. The second-order valence-electron chi connectivity index (χ2n) is 4.14. The maximum Gasteiger partial charge on any atom is 0.181 e. The molecular weight excluding hydrogens is 273 g/mol. The summed E-state index contributed by atoms with van der Waals surface area (Å²) in [5, 5.41) is 0.913. The second kappa shape index (κ2) is 7.10. The van der Waals surface area contributed by atoms with Crippen molar-refractivity contribution in [2.75, 3.05) is 27.3 Å². The molecule has 3 nitrogen and oxygen atoms in total. The fourth-order valence-electron chi connectivity index (χ4n) is 1.54. The minimum absolute atomic E-state index is 0.0183. The van der Waals surface area contributed by atoms with Crippen LogP contribution in [0.3, 0.4) is 0 Å². The van der Waals surface area contributed by atoms with E-state index in [0.29, 0.717) is 28.8 Å². The van der Waals surface area contributed by atoms with Gasteiger partial charge in [-0.15, -0.1) is 0 Å². The predicted octanol–water partition coefficient (Wildman–Crippen LogP) is 3.14. The Balaban J connectivity index is 2.79. The first-order chi connectivity index (χ1) is 8.47. The van der Waals surface area contributed by atoms with Gasteiger partial charge >= 0.3 is 0 Å². The highest BCUT2D eigenvalue weighted by molar-refractivity contribution is 6.37. The van der Waals surface area contributed by atoms with Gasteiger partial charge in [-0.3, -0.25) is 9.69 Å². The normalized spacial score (nSPS) is 12.8. The number of likely N-dealkylation sites (N-methyl/N-ethyl adjacent to an activating group) is 1. The minimum Gasteiger partial charge on any atom is -0.383 e. The van der Waals surface area contributed by atoms with Gasteiger partial charge in [0, 0.05) is 24.2 Å². The monoisotopic (exact) mass is 289 g/mol. The van der Waals surface area contributed by atoms with Crippen molar-refractivity contribution in [3.63, 3.8) is 0 Å². The molecule has 1 atom stereocenters. The number of hydrogen-bond acceptors (Lipinski definition) is 3. The molecule has 0 heterocycles. The van der Waals surface area contributed by atoms with Gasteiger partial charge in [-0.1, -0.05) is 23.2 Å². The van der Waals surface area contributed by atoms with E-state index in [-0.39, 0.29) is 11.8 Å². The Hall–Kier alpha value is -0.610. The van der Waals surface area contributed by atoms with E-state index in [1.807, 2.05) is 18.9 Å². The molecule has 1 aromatic carbocycles. The SMILES string of the molecule is COCCN(C)C(C)C(=O)c1ccc(Cl)cc1Cl. The van der Waals surface area contributed by atoms with E-state index >= 15 is 0 Å². The van der Waals surface area contributed by atoms with Gasteiger partial charge in [0.2, 0.25) is 0 Å². The smallest absolute Gasteiger partial charge is 0.181 e. The number of carbonyl (C=O) groups excluding carboxylic acids is 1. The van der Waals surface area contributed by atoms with Gasteiger partial charge in [-0.2, -0.15) is 0 Å². The van der Waals surface area contributed by atoms with Crippen LogP contribution in [0.1, 0.15) is 17.3 Å². The number of halogens is 2. The highest BCUT2D eigenvalue weighted by atomic mass is 35.5. The molecule has 1 aromatic rings. The van der Waals surface area contributed by atoms with Crippen LogP contribution in [0.15, 0.2) is 18.2 Å². The van der Waals surface area contributed by atoms with Crippen molar-refractivity contribution in [2.45, 2.75) is 13.0 Å². The molecule has 0 bridgehead atoms. The van der Waals surface area contributed by atoms with Crippen molar-refractivity contribution in [1.82, 2.24) is 4.90 Å². The molecule has 5 heteroatoms. The number of hydrogen-bond donors (Lipinski definition) is 0. The van der Waals surface area contributed by atoms with E-state index in [0.717, 1.165) is 0 Å². The zero-order chi connectivity index (χ0) is 13.7. The average molecular weight is 290 g/mol. The average Bonchev–Trinajstić information content (AvgIpc) is 2.34. The molecule has 0 spiro atoms. The molecule has 18 heavy (non-hydrogen) atoms. The topological polar surface area (TPSA) is 29.5 Å². The Bertz CT molecular complexity index is 423. The summed E-state index contributed by atoms with van der Waals surface area (Å²) in [6.45, 7) is 3.13. The number of methoxy groups -OCH3 is 1. The Kier molecular flexibility index (Phi) is 6.09. The molecule has 0 saturated heterocycles. The third-order valence-corrected chi connectivity index (χ3v) is 3.43. The number of rotatable bonds is 6. The molecule has 1 rings (SSSR count). The molecule has 0 fully saturated rings. The molecule has 0 aliphatic rings. The van der Waals surface area contributed by atoms with Gasteiger partial charge in [0.1, 0.15) is 0 Å². The van der Waals surface area contributed by atoms with Gasteiger partial charge < -0.3 is 4.74 Å². The zero-order valence-corrected chi connectivity index (χ0v) is 12.3. The van der Waals surface area contributed by atoms with Crippen molar-refractivity contribution >= 4 is 29.0 Å². The van der Waals surface area contributed by atoms with Crippen LogP contribution in [0.5, 0.6) is 0 Å². The molecule has 1 unspecified atom stereocenters. The molecule has 0 saturated carbocycles. The van der Waals surface area contributed by atoms with Crippen LogP contribution >= 0.6 is 23.2 Å². The highest BCUT2D eigenvalue weighted by Gasteiger charge is 2.21. The molecule has 100 valence electrons. The van der Waals surface area contributed by atoms with Crippen molar-refractivity contribution in [2.24, 2.45) is 0 Å². The van der Waals surface area contributed by atoms with E-state index in [9.17, 15) is 4.79 Å². The number of benzene rings is 1. The van der Waals surface area contributed by atoms with Gasteiger partial charge in [-0.25, -0.2) is 0 Å². The second-order valence-corrected chi connectivity index (χ2v) is 4.98. The third kappa shape index (κ3) is 3.95. The van der Waals surface area contributed by atoms with Crippen LogP contribution in [0, 0.1) is 0 Å². The largest absolute Gasteiger partial charge is 0.383 e. The molecule has 0 amide bonds. The zero-order valence-electron chi connectivity index (χ0n) is 10.7. The van der Waals surface area contributed by atoms with Gasteiger partial charge in [0.25, 0.3) is 0 Å². The summed E-state index contributed by atoms with van der Waals surface area (Å²) < 4.78 is 4.99. The molecule has 0 aromatic heterocycles. The molecular formula is C13H17Cl2NO2. The van der Waals surface area contributed by atoms with Crippen LogP contribution in [-0.4, -0.2) is 44.0 Å². The summed E-state index contributed by atoms with van der Waals surface area (Å²) in [4.78, 5) is 14.2. The van der Waals surface area contributed by atoms with Crippen molar-refractivity contribution in [1.29, 1.82) is 0 Å². The van der Waals surface area contributed by atoms with Crippen LogP contribution in [0.4, 0.5) is 0 Å². The predicted molar refractivity (Wildman–Crippen MR) is 74.8 cm³/mol. The Morgan fingerprint density at radius 3 is 2.67 bits per heavy atom. The van der Waals surface area contributed by atoms with Gasteiger partial charge in [0.15, 0.2) is 5.78 Å². The van der Waals surface area contributed by atoms with E-state index in [2.05, 4.69) is 0 Å². The molecule has 0 radical (unpaired) electrons. The summed E-state index contributed by atoms with van der Waals surface area (Å²) in [6.07, 6.45) is 0. The summed E-state index contributed by atoms with van der Waals surface area (Å²) in [5.41, 5.74) is 0.498. The maximum atomic E-state index is 12.3. The number of carbonyl (C=O) groups is 1. The Morgan fingerprint density at radius 1 is 1.44 bits per heavy atom. The number of Topliss-reactive ketones (excluding diaryl/α,β-unsaturated/α-hetero) is 1. The van der Waals surface area contributed by atoms with Crippen molar-refractivity contribution < 1.29 is 9.53 Å². The number of ether oxygens (including phenoxy) is 1. The fourth-order valence-corrected chi connectivity index (χ4v) is 2.05. The lowest BCUT2D eigenvalue weighted by atomic mass is 10.0. The van der Waals surface area contributed by atoms with E-state index < -0.39 is 0 Å². The van der Waals surface area contributed by atoms with Crippen molar-refractivity contribution in [3.05, 3.63) is 33.8 Å². The summed E-state index contributed by atoms with van der Waals surface area (Å²) in [6, 6.07) is 4.66. The quantitative estimate of drug-likeness (QED) is 0.754. The van der Waals surface area contributed by atoms with Gasteiger partial charge in [0.05, 0.1) is 17.7 Å². The highest BCUT2D eigenvalue weighted by Crippen LogP contribution is 2.22. The summed E-state index contributed by atoms with van der Waals surface area (Å²) >= 11 is 11.8. The van der Waals surface area contributed by atoms with Crippen LogP contribution < -0.4 is 0 Å². The maximum absolute atomic E-state index is 12.3. The first kappa shape index (κ1) is 15.4. The van der Waals surface area contributed by atoms with Gasteiger partial charge in [-0.05, 0) is 32.2 Å². The number of ketones is 1. The Morgan fingerprint density at radius 2 is 2.11 bits per heavy atom. The lowest BCUT2D eigenvalue weighted by Crippen LogP contribution is -2.38. The Labute approximate surface area is 118 Å². The minimum atomic E-state index is -0.251. The van der Waals surface area contributed by atoms with Crippen LogP contribution in [-0.2, 0) is 4.74 Å². The fraction of sp³-hybridized carbons (Fsp3) is 0.462. The first-order valence-corrected chi connectivity index (χ1v) is 6.41. The van der Waals surface area contributed by atoms with Crippen LogP contribution in [0.25, 0.3) is 0 Å². The lowest BCUT2D eigenvalue weighted by Gasteiger charge is -2.23. The standard InChI is InChI=1S/C13H17Cl2NO2/c1-9(16(2)6-7-18-3)13(17)11-5-4-10(14)8-12(11)15/h4-5,8-9H,6-7H2,1-3H3. The summed E-state index contributed by atoms with van der Waals surface area (Å²) in [7, 11) is 3.52. The number of nitrogens with zero attached hydrogens (tertiary/aromatic N) is 1. The molecule has 0 N–H and O–H groups in total. The first-order valence-electron chi connectivity index (χ1n) is 5.65. The van der Waals surface area contributed by atoms with E-state index in [1.165, 1.54) is 0 Å². The van der Waals surface area contributed by atoms with Crippen LogP contribution in [0.2, 0.25) is 10.0 Å². The van der Waals surface area contributed by atoms with E-state index in [1.54, 1.807) is 25.3 Å². The van der Waals surface area contributed by atoms with E-state index in [4.69, 9.17) is 27.9 Å². The summed E-state index contributed by atoms with van der Waals surface area (Å²) in [5.74, 6) is -0.0183. The van der Waals surface area contributed by atoms with Crippen molar-refractivity contribution in [3.8, 4) is 0 Å². The molecule has 0 aliphatic heterocycles. The third-order valence-electron chi connectivity index (χ3n) is 2.89.